The molecule has 1 N–H and O–H groups in total. The molecule has 3 nitrogen and oxygen atoms in total. The van der Waals surface area contributed by atoms with Gasteiger partial charge in [-0.15, -0.1) is 0 Å². The van der Waals surface area contributed by atoms with E-state index >= 15 is 0 Å². The van der Waals surface area contributed by atoms with E-state index in [0.717, 1.165) is 11.3 Å². The molecule has 1 atom stereocenters. The second-order valence-corrected chi connectivity index (χ2v) is 7.42. The summed E-state index contributed by atoms with van der Waals surface area (Å²) < 4.78 is 0. The number of hydrogen-bond acceptors (Lipinski definition) is 4. The number of thioether (sulfide) groups is 1. The number of nitrogens with one attached hydrogen (secondary N) is 1. The smallest absolute Gasteiger partial charge is 0.0223 e. The number of piperidine rings is 1. The molecule has 2 aliphatic rings. The van der Waals surface area contributed by atoms with Gasteiger partial charge in [-0.05, 0) is 58.9 Å². The molecule has 2 fully saturated rings. The van der Waals surface area contributed by atoms with E-state index in [9.17, 15) is 0 Å². The van der Waals surface area contributed by atoms with Crippen LogP contribution in [-0.2, 0) is 0 Å². The summed E-state index contributed by atoms with van der Waals surface area (Å²) in [6.45, 7) is 9.80. The fourth-order valence-corrected chi connectivity index (χ4v) is 4.63. The van der Waals surface area contributed by atoms with Crippen molar-refractivity contribution in [3.05, 3.63) is 0 Å². The van der Waals surface area contributed by atoms with Crippen molar-refractivity contribution in [1.82, 2.24) is 15.1 Å². The van der Waals surface area contributed by atoms with Crippen molar-refractivity contribution in [3.8, 4) is 0 Å². The predicted octanol–water partition coefficient (Wildman–Crippen LogP) is 1.89. The van der Waals surface area contributed by atoms with Gasteiger partial charge in [-0.3, -0.25) is 4.90 Å². The van der Waals surface area contributed by atoms with Gasteiger partial charge in [0.25, 0.3) is 0 Å². The average Bonchev–Trinajstić information content (AvgIpc) is 2.87. The van der Waals surface area contributed by atoms with Gasteiger partial charge in [-0.2, -0.15) is 11.8 Å². The van der Waals surface area contributed by atoms with E-state index in [1.54, 1.807) is 0 Å². The fraction of sp³-hybridized carbons (Fsp3) is 1.00. The van der Waals surface area contributed by atoms with Crippen LogP contribution in [-0.4, -0.2) is 73.2 Å². The molecule has 2 saturated heterocycles. The van der Waals surface area contributed by atoms with E-state index < -0.39 is 0 Å². The summed E-state index contributed by atoms with van der Waals surface area (Å²) in [4.78, 5) is 5.20. The summed E-state index contributed by atoms with van der Waals surface area (Å²) >= 11 is 2.19. The third kappa shape index (κ3) is 5.25. The molecule has 112 valence electrons. The fourth-order valence-electron chi connectivity index (χ4n) is 3.31. The van der Waals surface area contributed by atoms with Crippen LogP contribution in [0.4, 0.5) is 0 Å². The molecule has 1 unspecified atom stereocenters. The van der Waals surface area contributed by atoms with Gasteiger partial charge in [0.05, 0.1) is 0 Å². The predicted molar refractivity (Wildman–Crippen MR) is 86.1 cm³/mol. The van der Waals surface area contributed by atoms with Crippen LogP contribution < -0.4 is 5.32 Å². The van der Waals surface area contributed by atoms with Crippen molar-refractivity contribution >= 4 is 11.8 Å². The first-order valence-electron chi connectivity index (χ1n) is 8.04. The Morgan fingerprint density at radius 2 is 2.05 bits per heavy atom. The van der Waals surface area contributed by atoms with E-state index in [-0.39, 0.29) is 0 Å². The zero-order valence-corrected chi connectivity index (χ0v) is 13.6. The third-order valence-electron chi connectivity index (χ3n) is 4.54. The molecule has 0 bridgehead atoms. The highest BCUT2D eigenvalue weighted by Gasteiger charge is 2.23. The van der Waals surface area contributed by atoms with Crippen molar-refractivity contribution in [2.75, 3.05) is 52.1 Å². The van der Waals surface area contributed by atoms with Gasteiger partial charge in [0.1, 0.15) is 0 Å². The Kier molecular flexibility index (Phi) is 6.99. The third-order valence-corrected chi connectivity index (χ3v) is 5.90. The Hall–Kier alpha value is 0.230. The Bertz CT molecular complexity index is 244. The number of hydrogen-bond donors (Lipinski definition) is 1. The molecular weight excluding hydrogens is 254 g/mol. The summed E-state index contributed by atoms with van der Waals surface area (Å²) in [6.07, 6.45) is 5.52. The minimum atomic E-state index is 0.818. The Balaban J connectivity index is 1.57. The van der Waals surface area contributed by atoms with Crippen LogP contribution >= 0.6 is 11.8 Å². The highest BCUT2D eigenvalue weighted by atomic mass is 32.2. The van der Waals surface area contributed by atoms with Crippen molar-refractivity contribution in [2.45, 2.75) is 43.9 Å². The maximum Gasteiger partial charge on any atom is 0.0223 e. The highest BCUT2D eigenvalue weighted by Crippen LogP contribution is 2.21. The van der Waals surface area contributed by atoms with Crippen molar-refractivity contribution < 1.29 is 0 Å². The maximum absolute atomic E-state index is 3.44. The summed E-state index contributed by atoms with van der Waals surface area (Å²) in [5.41, 5.74) is 0. The lowest BCUT2D eigenvalue weighted by Gasteiger charge is -2.28. The quantitative estimate of drug-likeness (QED) is 0.769. The first kappa shape index (κ1) is 15.6. The topological polar surface area (TPSA) is 18.5 Å². The first-order chi connectivity index (χ1) is 9.29. The van der Waals surface area contributed by atoms with Crippen LogP contribution in [0, 0.1) is 0 Å². The summed E-state index contributed by atoms with van der Waals surface area (Å²) in [7, 11) is 2.30. The molecule has 0 amide bonds. The van der Waals surface area contributed by atoms with E-state index in [1.807, 2.05) is 0 Å². The van der Waals surface area contributed by atoms with Crippen LogP contribution in [0.1, 0.15) is 32.6 Å². The Labute approximate surface area is 123 Å². The van der Waals surface area contributed by atoms with Gasteiger partial charge in [-0.1, -0.05) is 6.92 Å². The molecule has 2 aliphatic heterocycles. The first-order valence-corrected chi connectivity index (χ1v) is 9.09. The molecular formula is C15H31N3S. The highest BCUT2D eigenvalue weighted by molar-refractivity contribution is 7.99. The molecule has 19 heavy (non-hydrogen) atoms. The SMILES string of the molecule is CCN1CCCC1CN(C)CCSC1CCNCC1. The molecule has 0 aromatic rings. The largest absolute Gasteiger partial charge is 0.317 e. The number of nitrogens with zero attached hydrogens (tertiary/aromatic N) is 2. The molecule has 0 aromatic heterocycles. The van der Waals surface area contributed by atoms with Crippen molar-refractivity contribution in [2.24, 2.45) is 0 Å². The monoisotopic (exact) mass is 285 g/mol. The number of rotatable bonds is 7. The van der Waals surface area contributed by atoms with Crippen LogP contribution in [0.15, 0.2) is 0 Å². The van der Waals surface area contributed by atoms with Gasteiger partial charge in [0, 0.05) is 30.1 Å². The zero-order chi connectivity index (χ0) is 13.5. The van der Waals surface area contributed by atoms with E-state index in [0.29, 0.717) is 0 Å². The lowest BCUT2D eigenvalue weighted by atomic mass is 10.2. The van der Waals surface area contributed by atoms with E-state index in [2.05, 4.69) is 40.8 Å². The van der Waals surface area contributed by atoms with Gasteiger partial charge in [-0.25, -0.2) is 0 Å². The summed E-state index contributed by atoms with van der Waals surface area (Å²) in [5.74, 6) is 1.31. The molecule has 0 saturated carbocycles. The van der Waals surface area contributed by atoms with Gasteiger partial charge >= 0.3 is 0 Å². The van der Waals surface area contributed by atoms with Gasteiger partial charge in [0.15, 0.2) is 0 Å². The molecule has 2 heterocycles. The van der Waals surface area contributed by atoms with E-state index in [4.69, 9.17) is 0 Å². The Morgan fingerprint density at radius 1 is 1.26 bits per heavy atom. The summed E-state index contributed by atoms with van der Waals surface area (Å²) in [5, 5.41) is 4.35. The van der Waals surface area contributed by atoms with Crippen LogP contribution in [0.5, 0.6) is 0 Å². The van der Waals surface area contributed by atoms with Gasteiger partial charge in [0.2, 0.25) is 0 Å². The molecule has 0 aromatic carbocycles. The average molecular weight is 286 g/mol. The van der Waals surface area contributed by atoms with Gasteiger partial charge < -0.3 is 10.2 Å². The molecule has 0 radical (unpaired) electrons. The van der Waals surface area contributed by atoms with Crippen LogP contribution in [0.3, 0.4) is 0 Å². The van der Waals surface area contributed by atoms with Crippen molar-refractivity contribution in [1.29, 1.82) is 0 Å². The zero-order valence-electron chi connectivity index (χ0n) is 12.7. The van der Waals surface area contributed by atoms with E-state index in [1.165, 1.54) is 70.7 Å². The maximum atomic E-state index is 3.44. The number of likely N-dealkylation sites (N-methyl/N-ethyl adjacent to an activating group) is 2. The standard InChI is InChI=1S/C15H31N3S/c1-3-18-10-4-5-14(18)13-17(2)11-12-19-15-6-8-16-9-7-15/h14-16H,3-13H2,1-2H3. The second-order valence-electron chi connectivity index (χ2n) is 6.01. The normalized spacial score (nSPS) is 26.4. The van der Waals surface area contributed by atoms with Crippen molar-refractivity contribution in [3.63, 3.8) is 0 Å². The minimum Gasteiger partial charge on any atom is -0.317 e. The molecule has 4 heteroatoms. The lowest BCUT2D eigenvalue weighted by molar-refractivity contribution is 0.204. The molecule has 2 rings (SSSR count). The van der Waals surface area contributed by atoms with Crippen LogP contribution in [0.25, 0.3) is 0 Å². The lowest BCUT2D eigenvalue weighted by Crippen LogP contribution is -2.39. The van der Waals surface area contributed by atoms with Crippen LogP contribution in [0.2, 0.25) is 0 Å². The molecule has 0 aliphatic carbocycles. The molecule has 0 spiro atoms. The second kappa shape index (κ2) is 8.50. The summed E-state index contributed by atoms with van der Waals surface area (Å²) in [6, 6.07) is 0.818. The number of likely N-dealkylation sites (tertiary alicyclic amines) is 1. The minimum absolute atomic E-state index is 0.818. The Morgan fingerprint density at radius 3 is 2.79 bits per heavy atom.